The fourth-order valence-electron chi connectivity index (χ4n) is 3.18. The summed E-state index contributed by atoms with van der Waals surface area (Å²) in [6, 6.07) is -1.37. The molecule has 31 heavy (non-hydrogen) atoms. The van der Waals surface area contributed by atoms with E-state index >= 15 is 0 Å². The molecule has 1 unspecified atom stereocenters. The Hall–Kier alpha value is -2.64. The van der Waals surface area contributed by atoms with Crippen LogP contribution < -0.4 is 10.6 Å². The van der Waals surface area contributed by atoms with Gasteiger partial charge < -0.3 is 30.3 Å². The van der Waals surface area contributed by atoms with Gasteiger partial charge in [-0.3, -0.25) is 28.9 Å². The molecule has 174 valence electrons. The van der Waals surface area contributed by atoms with Crippen LogP contribution in [-0.4, -0.2) is 95.1 Å². The first-order valence-electron chi connectivity index (χ1n) is 9.78. The Kier molecular flexibility index (Phi) is 8.83. The Morgan fingerprint density at radius 1 is 1.19 bits per heavy atom. The Balaban J connectivity index is 1.66. The number of imide groups is 1. The van der Waals surface area contributed by atoms with Crippen LogP contribution in [-0.2, 0) is 33.4 Å². The van der Waals surface area contributed by atoms with Gasteiger partial charge in [-0.05, 0) is 0 Å². The molecule has 0 aromatic rings. The van der Waals surface area contributed by atoms with Gasteiger partial charge in [0.25, 0.3) is 0 Å². The second-order valence-electron chi connectivity index (χ2n) is 7.20. The van der Waals surface area contributed by atoms with Crippen molar-refractivity contribution in [1.29, 1.82) is 0 Å². The van der Waals surface area contributed by atoms with Crippen molar-refractivity contribution in [3.05, 3.63) is 0 Å². The summed E-state index contributed by atoms with van der Waals surface area (Å²) in [5, 5.41) is 24.3. The largest absolute Gasteiger partial charge is 0.463 e. The number of amides is 4. The number of hydrogen-bond donors (Lipinski definition) is 4. The molecule has 0 aromatic heterocycles. The average molecular weight is 447 g/mol. The normalized spacial score (nSPS) is 28.4. The Morgan fingerprint density at radius 2 is 1.84 bits per heavy atom. The van der Waals surface area contributed by atoms with E-state index in [4.69, 9.17) is 9.47 Å². The summed E-state index contributed by atoms with van der Waals surface area (Å²) in [4.78, 5) is 58.6. The van der Waals surface area contributed by atoms with Gasteiger partial charge in [-0.25, -0.2) is 4.39 Å². The molecule has 0 aliphatic carbocycles. The zero-order valence-corrected chi connectivity index (χ0v) is 16.9. The number of esters is 1. The average Bonchev–Trinajstić information content (AvgIpc) is 3.03. The highest BCUT2D eigenvalue weighted by Gasteiger charge is 2.46. The van der Waals surface area contributed by atoms with Crippen LogP contribution in [0.15, 0.2) is 0 Å². The van der Waals surface area contributed by atoms with E-state index in [-0.39, 0.29) is 50.6 Å². The van der Waals surface area contributed by atoms with Crippen molar-refractivity contribution in [2.24, 2.45) is 0 Å². The summed E-state index contributed by atoms with van der Waals surface area (Å²) in [6.07, 6.45) is -7.20. The van der Waals surface area contributed by atoms with E-state index in [1.165, 1.54) is 0 Å². The van der Waals surface area contributed by atoms with Crippen molar-refractivity contribution in [1.82, 2.24) is 15.5 Å². The summed E-state index contributed by atoms with van der Waals surface area (Å²) in [6.45, 7) is 0.620. The van der Waals surface area contributed by atoms with Gasteiger partial charge in [0.2, 0.25) is 23.6 Å². The summed E-state index contributed by atoms with van der Waals surface area (Å²) in [5.74, 6) is -2.52. The Labute approximate surface area is 177 Å². The molecule has 2 aliphatic rings. The molecule has 2 rings (SSSR count). The predicted molar refractivity (Wildman–Crippen MR) is 98.5 cm³/mol. The zero-order valence-electron chi connectivity index (χ0n) is 16.9. The van der Waals surface area contributed by atoms with Gasteiger partial charge >= 0.3 is 5.97 Å². The maximum atomic E-state index is 14.3. The lowest BCUT2D eigenvalue weighted by Crippen LogP contribution is -2.62. The number of carbonyl (C=O) groups is 5. The van der Waals surface area contributed by atoms with Gasteiger partial charge in [0.05, 0.1) is 6.42 Å². The third kappa shape index (κ3) is 6.94. The zero-order chi connectivity index (χ0) is 23.1. The number of alkyl halides is 1. The van der Waals surface area contributed by atoms with Crippen molar-refractivity contribution < 1.29 is 48.0 Å². The molecular weight excluding hydrogens is 421 g/mol. The van der Waals surface area contributed by atoms with E-state index in [0.29, 0.717) is 0 Å². The first kappa shape index (κ1) is 24.6. The second kappa shape index (κ2) is 11.1. The SMILES string of the molecule is CC(=O)N[C@H]1C(O)O[C@H](COC(=O)CCC(=O)NCCN2C(=O)CCC2=O)[C@@H](F)[C@@H]1O. The maximum absolute atomic E-state index is 14.3. The molecule has 2 fully saturated rings. The molecule has 4 amide bonds. The lowest BCUT2D eigenvalue weighted by atomic mass is 9.98. The van der Waals surface area contributed by atoms with Crippen molar-refractivity contribution >= 4 is 29.6 Å². The highest BCUT2D eigenvalue weighted by molar-refractivity contribution is 6.01. The van der Waals surface area contributed by atoms with E-state index in [1.807, 2.05) is 0 Å². The van der Waals surface area contributed by atoms with E-state index < -0.39 is 55.1 Å². The number of rotatable bonds is 9. The van der Waals surface area contributed by atoms with E-state index in [1.54, 1.807) is 0 Å². The Bertz CT molecular complexity index is 703. The molecule has 0 radical (unpaired) electrons. The number of nitrogens with one attached hydrogen (secondary N) is 2. The number of aliphatic hydroxyl groups is 2. The highest BCUT2D eigenvalue weighted by Crippen LogP contribution is 2.23. The molecule has 0 spiro atoms. The molecule has 13 heteroatoms. The van der Waals surface area contributed by atoms with Crippen LogP contribution in [0.1, 0.15) is 32.6 Å². The van der Waals surface area contributed by atoms with Crippen LogP contribution in [0.2, 0.25) is 0 Å². The number of carbonyl (C=O) groups excluding carboxylic acids is 5. The third-order valence-electron chi connectivity index (χ3n) is 4.82. The topological polar surface area (TPSA) is 172 Å². The van der Waals surface area contributed by atoms with E-state index in [9.17, 15) is 38.6 Å². The number of aliphatic hydroxyl groups excluding tert-OH is 2. The molecule has 0 saturated carbocycles. The lowest BCUT2D eigenvalue weighted by Gasteiger charge is -2.39. The van der Waals surface area contributed by atoms with Crippen LogP contribution >= 0.6 is 0 Å². The summed E-state index contributed by atoms with van der Waals surface area (Å²) in [5.41, 5.74) is 0. The molecule has 0 bridgehead atoms. The van der Waals surface area contributed by atoms with Crippen LogP contribution in [0.3, 0.4) is 0 Å². The molecule has 0 aromatic carbocycles. The lowest BCUT2D eigenvalue weighted by molar-refractivity contribution is -0.242. The fourth-order valence-corrected chi connectivity index (χ4v) is 3.18. The maximum Gasteiger partial charge on any atom is 0.306 e. The highest BCUT2D eigenvalue weighted by atomic mass is 19.1. The minimum absolute atomic E-state index is 0.0505. The third-order valence-corrected chi connectivity index (χ3v) is 4.82. The molecule has 12 nitrogen and oxygen atoms in total. The van der Waals surface area contributed by atoms with Crippen molar-refractivity contribution in [2.45, 2.75) is 63.3 Å². The summed E-state index contributed by atoms with van der Waals surface area (Å²) >= 11 is 0. The van der Waals surface area contributed by atoms with Crippen molar-refractivity contribution in [2.75, 3.05) is 19.7 Å². The first-order chi connectivity index (χ1) is 14.6. The van der Waals surface area contributed by atoms with Crippen LogP contribution in [0.25, 0.3) is 0 Å². The first-order valence-corrected chi connectivity index (χ1v) is 9.78. The molecule has 2 saturated heterocycles. The van der Waals surface area contributed by atoms with Gasteiger partial charge in [-0.2, -0.15) is 0 Å². The van der Waals surface area contributed by atoms with Gasteiger partial charge in [-0.15, -0.1) is 0 Å². The molecule has 5 atom stereocenters. The summed E-state index contributed by atoms with van der Waals surface area (Å²) < 4.78 is 24.1. The smallest absolute Gasteiger partial charge is 0.306 e. The minimum Gasteiger partial charge on any atom is -0.463 e. The quantitative estimate of drug-likeness (QED) is 0.220. The van der Waals surface area contributed by atoms with E-state index in [0.717, 1.165) is 11.8 Å². The Morgan fingerprint density at radius 3 is 2.45 bits per heavy atom. The van der Waals surface area contributed by atoms with Crippen LogP contribution in [0, 0.1) is 0 Å². The number of nitrogens with zero attached hydrogens (tertiary/aromatic N) is 1. The van der Waals surface area contributed by atoms with Crippen LogP contribution in [0.5, 0.6) is 0 Å². The summed E-state index contributed by atoms with van der Waals surface area (Å²) in [7, 11) is 0. The van der Waals surface area contributed by atoms with Gasteiger partial charge in [0.15, 0.2) is 12.5 Å². The van der Waals surface area contributed by atoms with Gasteiger partial charge in [0.1, 0.15) is 24.9 Å². The van der Waals surface area contributed by atoms with Crippen molar-refractivity contribution in [3.63, 3.8) is 0 Å². The minimum atomic E-state index is -2.03. The van der Waals surface area contributed by atoms with Crippen molar-refractivity contribution in [3.8, 4) is 0 Å². The second-order valence-corrected chi connectivity index (χ2v) is 7.20. The number of halogens is 1. The fraction of sp³-hybridized carbons (Fsp3) is 0.722. The monoisotopic (exact) mass is 447 g/mol. The molecular formula is C18H26FN3O9. The standard InChI is InChI=1S/C18H26FN3O9/c1-9(23)21-16-17(28)15(19)10(31-18(16)29)8-30-14(27)5-2-11(24)20-6-7-22-12(25)3-4-13(22)26/h10,15-18,28-29H,2-8H2,1H3,(H,20,24)(H,21,23)/t10-,15-,16-,17+,18?/m1/s1. The van der Waals surface area contributed by atoms with Gasteiger partial charge in [-0.1, -0.05) is 0 Å². The predicted octanol–water partition coefficient (Wildman–Crippen LogP) is -2.50. The number of ether oxygens (including phenoxy) is 2. The van der Waals surface area contributed by atoms with E-state index in [2.05, 4.69) is 10.6 Å². The molecule has 2 aliphatic heterocycles. The van der Waals surface area contributed by atoms with Crippen LogP contribution in [0.4, 0.5) is 4.39 Å². The molecule has 2 heterocycles. The molecule has 4 N–H and O–H groups in total. The number of hydrogen-bond acceptors (Lipinski definition) is 9. The number of likely N-dealkylation sites (tertiary alicyclic amines) is 1. The van der Waals surface area contributed by atoms with Gasteiger partial charge in [0, 0.05) is 39.3 Å².